The van der Waals surface area contributed by atoms with E-state index in [1.807, 2.05) is 35.9 Å². The molecule has 7 heteroatoms. The van der Waals surface area contributed by atoms with Crippen molar-refractivity contribution in [2.45, 2.75) is 33.1 Å². The van der Waals surface area contributed by atoms with Crippen LogP contribution in [-0.4, -0.2) is 44.9 Å². The zero-order chi connectivity index (χ0) is 18.7. The average Bonchev–Trinajstić information content (AvgIpc) is 3.24. The second-order valence-electron chi connectivity index (χ2n) is 6.65. The summed E-state index contributed by atoms with van der Waals surface area (Å²) < 4.78 is 1.87. The van der Waals surface area contributed by atoms with E-state index in [9.17, 15) is 9.59 Å². The molecule has 1 unspecified atom stereocenters. The smallest absolute Gasteiger partial charge is 0.321 e. The van der Waals surface area contributed by atoms with E-state index >= 15 is 0 Å². The van der Waals surface area contributed by atoms with Crippen LogP contribution in [0.4, 0.5) is 10.5 Å². The number of aromatic nitrogens is 2. The summed E-state index contributed by atoms with van der Waals surface area (Å²) in [7, 11) is 0. The van der Waals surface area contributed by atoms with Gasteiger partial charge in [0.1, 0.15) is 0 Å². The predicted molar refractivity (Wildman–Crippen MR) is 98.6 cm³/mol. The van der Waals surface area contributed by atoms with E-state index < -0.39 is 11.9 Å². The van der Waals surface area contributed by atoms with Crippen molar-refractivity contribution in [1.29, 1.82) is 0 Å². The van der Waals surface area contributed by atoms with Gasteiger partial charge in [-0.05, 0) is 31.4 Å². The van der Waals surface area contributed by atoms with Gasteiger partial charge in [-0.15, -0.1) is 0 Å². The van der Waals surface area contributed by atoms with Gasteiger partial charge in [0.2, 0.25) is 0 Å². The van der Waals surface area contributed by atoms with Crippen LogP contribution in [0, 0.1) is 12.8 Å². The fraction of sp³-hybridized carbons (Fsp3) is 0.421. The van der Waals surface area contributed by atoms with Crippen molar-refractivity contribution < 1.29 is 14.7 Å². The third kappa shape index (κ3) is 3.56. The summed E-state index contributed by atoms with van der Waals surface area (Å²) in [5, 5.41) is 16.5. The second-order valence-corrected chi connectivity index (χ2v) is 6.65. The molecule has 2 N–H and O–H groups in total. The van der Waals surface area contributed by atoms with Crippen LogP contribution in [-0.2, 0) is 11.2 Å². The Morgan fingerprint density at radius 3 is 2.77 bits per heavy atom. The summed E-state index contributed by atoms with van der Waals surface area (Å²) in [6.45, 7) is 4.81. The molecule has 1 atom stereocenters. The van der Waals surface area contributed by atoms with Gasteiger partial charge >= 0.3 is 12.0 Å². The number of amides is 2. The number of rotatable bonds is 5. The number of urea groups is 1. The molecule has 1 saturated heterocycles. The van der Waals surface area contributed by atoms with Gasteiger partial charge in [0.15, 0.2) is 0 Å². The highest BCUT2D eigenvalue weighted by Crippen LogP contribution is 2.24. The second kappa shape index (κ2) is 7.59. The van der Waals surface area contributed by atoms with Gasteiger partial charge in [0.05, 0.1) is 29.2 Å². The predicted octanol–water partition coefficient (Wildman–Crippen LogP) is 3.07. The Morgan fingerprint density at radius 2 is 2.12 bits per heavy atom. The largest absolute Gasteiger partial charge is 0.481 e. The Hall–Kier alpha value is -2.83. The SMILES string of the molecule is CCCc1c(NC(=O)N2CCC(C(=O)O)C2)cnn1-c1ccccc1C. The number of aryl methyl sites for hydroxylation is 1. The minimum Gasteiger partial charge on any atom is -0.481 e. The highest BCUT2D eigenvalue weighted by molar-refractivity contribution is 5.90. The lowest BCUT2D eigenvalue weighted by atomic mass is 10.1. The topological polar surface area (TPSA) is 87.5 Å². The molecule has 0 radical (unpaired) electrons. The molecule has 1 aliphatic heterocycles. The number of carboxylic acids is 1. The molecule has 0 saturated carbocycles. The lowest BCUT2D eigenvalue weighted by Gasteiger charge is -2.17. The van der Waals surface area contributed by atoms with Crippen molar-refractivity contribution in [3.8, 4) is 5.69 Å². The lowest BCUT2D eigenvalue weighted by Crippen LogP contribution is -2.34. The van der Waals surface area contributed by atoms with Crippen molar-refractivity contribution in [2.24, 2.45) is 5.92 Å². The Morgan fingerprint density at radius 1 is 1.35 bits per heavy atom. The van der Waals surface area contributed by atoms with Crippen molar-refractivity contribution in [3.05, 3.63) is 41.7 Å². The first-order chi connectivity index (χ1) is 12.5. The number of carboxylic acid groups (broad SMARTS) is 1. The fourth-order valence-electron chi connectivity index (χ4n) is 3.30. The van der Waals surface area contributed by atoms with E-state index in [1.165, 1.54) is 0 Å². The first-order valence-electron chi connectivity index (χ1n) is 8.93. The molecule has 1 aromatic heterocycles. The van der Waals surface area contributed by atoms with E-state index in [0.717, 1.165) is 29.8 Å². The average molecular weight is 356 g/mol. The van der Waals surface area contributed by atoms with Crippen LogP contribution in [0.3, 0.4) is 0 Å². The molecular formula is C19H24N4O3. The Labute approximate surface area is 152 Å². The molecule has 2 aromatic rings. The van der Waals surface area contributed by atoms with Crippen LogP contribution in [0.2, 0.25) is 0 Å². The normalized spacial score (nSPS) is 16.7. The molecule has 1 fully saturated rings. The van der Waals surface area contributed by atoms with Crippen LogP contribution in [0.15, 0.2) is 30.5 Å². The third-order valence-electron chi connectivity index (χ3n) is 4.77. The number of hydrogen-bond acceptors (Lipinski definition) is 3. The molecule has 3 rings (SSSR count). The van der Waals surface area contributed by atoms with Gasteiger partial charge in [0.25, 0.3) is 0 Å². The monoisotopic (exact) mass is 356 g/mol. The van der Waals surface area contributed by atoms with Gasteiger partial charge in [-0.3, -0.25) is 4.79 Å². The highest BCUT2D eigenvalue weighted by atomic mass is 16.4. The number of benzene rings is 1. The lowest BCUT2D eigenvalue weighted by molar-refractivity contribution is -0.141. The zero-order valence-corrected chi connectivity index (χ0v) is 15.1. The van der Waals surface area contributed by atoms with E-state index in [1.54, 1.807) is 11.1 Å². The van der Waals surface area contributed by atoms with Gasteiger partial charge < -0.3 is 15.3 Å². The van der Waals surface area contributed by atoms with Gasteiger partial charge in [0, 0.05) is 13.1 Å². The quantitative estimate of drug-likeness (QED) is 0.862. The van der Waals surface area contributed by atoms with Crippen LogP contribution >= 0.6 is 0 Å². The molecule has 0 spiro atoms. The van der Waals surface area contributed by atoms with Crippen LogP contribution in [0.25, 0.3) is 5.69 Å². The summed E-state index contributed by atoms with van der Waals surface area (Å²) in [5.41, 5.74) is 3.72. The van der Waals surface area contributed by atoms with Crippen LogP contribution in [0.5, 0.6) is 0 Å². The molecule has 0 bridgehead atoms. The summed E-state index contributed by atoms with van der Waals surface area (Å²) in [4.78, 5) is 25.2. The number of nitrogens with zero attached hydrogens (tertiary/aromatic N) is 3. The number of likely N-dealkylation sites (tertiary alicyclic amines) is 1. The Balaban J connectivity index is 1.81. The zero-order valence-electron chi connectivity index (χ0n) is 15.1. The maximum atomic E-state index is 12.5. The van der Waals surface area contributed by atoms with Crippen molar-refractivity contribution >= 4 is 17.7 Å². The minimum atomic E-state index is -0.848. The molecular weight excluding hydrogens is 332 g/mol. The molecule has 26 heavy (non-hydrogen) atoms. The number of anilines is 1. The van der Waals surface area contributed by atoms with E-state index in [0.29, 0.717) is 18.7 Å². The molecule has 0 aliphatic carbocycles. The van der Waals surface area contributed by atoms with Crippen molar-refractivity contribution in [1.82, 2.24) is 14.7 Å². The van der Waals surface area contributed by atoms with E-state index in [-0.39, 0.29) is 12.6 Å². The van der Waals surface area contributed by atoms with E-state index in [4.69, 9.17) is 5.11 Å². The van der Waals surface area contributed by atoms with Gasteiger partial charge in [-0.1, -0.05) is 31.5 Å². The molecule has 1 aromatic carbocycles. The van der Waals surface area contributed by atoms with Crippen LogP contribution in [0.1, 0.15) is 31.0 Å². The number of nitrogens with one attached hydrogen (secondary N) is 1. The van der Waals surface area contributed by atoms with Crippen LogP contribution < -0.4 is 5.32 Å². The third-order valence-corrected chi connectivity index (χ3v) is 4.77. The fourth-order valence-corrected chi connectivity index (χ4v) is 3.30. The standard InChI is InChI=1S/C19H24N4O3/c1-3-6-17-15(11-20-23(17)16-8-5-4-7-13(16)2)21-19(26)22-10-9-14(12-22)18(24)25/h4-5,7-8,11,14H,3,6,9-10,12H2,1-2H3,(H,21,26)(H,24,25). The summed E-state index contributed by atoms with van der Waals surface area (Å²) in [6, 6.07) is 7.72. The first kappa shape index (κ1) is 18.0. The summed E-state index contributed by atoms with van der Waals surface area (Å²) in [6.07, 6.45) is 3.86. The number of carbonyl (C=O) groups is 2. The van der Waals surface area contributed by atoms with E-state index in [2.05, 4.69) is 17.3 Å². The van der Waals surface area contributed by atoms with Gasteiger partial charge in [-0.25, -0.2) is 9.48 Å². The minimum absolute atomic E-state index is 0.246. The Kier molecular flexibility index (Phi) is 5.25. The number of aliphatic carboxylic acids is 1. The Bertz CT molecular complexity index is 815. The molecule has 2 heterocycles. The number of carbonyl (C=O) groups excluding carboxylic acids is 1. The first-order valence-corrected chi connectivity index (χ1v) is 8.93. The maximum absolute atomic E-state index is 12.5. The number of hydrogen-bond donors (Lipinski definition) is 2. The molecule has 138 valence electrons. The summed E-state index contributed by atoms with van der Waals surface area (Å²) in [5.74, 6) is -1.33. The summed E-state index contributed by atoms with van der Waals surface area (Å²) >= 11 is 0. The van der Waals surface area contributed by atoms with Crippen molar-refractivity contribution in [3.63, 3.8) is 0 Å². The molecule has 7 nitrogen and oxygen atoms in total. The molecule has 2 amide bonds. The van der Waals surface area contributed by atoms with Crippen molar-refractivity contribution in [2.75, 3.05) is 18.4 Å². The highest BCUT2D eigenvalue weighted by Gasteiger charge is 2.31. The maximum Gasteiger partial charge on any atom is 0.321 e. The molecule has 1 aliphatic rings. The number of para-hydroxylation sites is 1. The van der Waals surface area contributed by atoms with Gasteiger partial charge in [-0.2, -0.15) is 5.10 Å².